The molecule has 0 bridgehead atoms. The van der Waals surface area contributed by atoms with Gasteiger partial charge in [0, 0.05) is 15.5 Å². The Morgan fingerprint density at radius 2 is 1.93 bits per heavy atom. The van der Waals surface area contributed by atoms with E-state index in [4.69, 9.17) is 5.73 Å². The van der Waals surface area contributed by atoms with E-state index in [0.29, 0.717) is 0 Å². The fraction of sp³-hybridized carbons (Fsp3) is 0.333. The van der Waals surface area contributed by atoms with Gasteiger partial charge < -0.3 is 5.73 Å². The normalized spacial score (nSPS) is 12.2. The van der Waals surface area contributed by atoms with Crippen LogP contribution in [0.15, 0.2) is 23.6 Å². The molecule has 1 heterocycles. The average molecular weight is 205 g/mol. The second-order valence-electron chi connectivity index (χ2n) is 4.65. The first-order valence-electron chi connectivity index (χ1n) is 4.76. The van der Waals surface area contributed by atoms with Gasteiger partial charge in [-0.1, -0.05) is 26.8 Å². The number of thiophene rings is 1. The molecule has 0 radical (unpaired) electrons. The highest BCUT2D eigenvalue weighted by molar-refractivity contribution is 7.17. The largest absolute Gasteiger partial charge is 0.398 e. The SMILES string of the molecule is CC(C)(C)c1ccc2scc(N)c2c1. The molecule has 0 atom stereocenters. The van der Waals surface area contributed by atoms with Crippen molar-refractivity contribution in [1.29, 1.82) is 0 Å². The van der Waals surface area contributed by atoms with Crippen molar-refractivity contribution in [2.75, 3.05) is 5.73 Å². The first-order valence-corrected chi connectivity index (χ1v) is 5.63. The van der Waals surface area contributed by atoms with Crippen LogP contribution in [0.2, 0.25) is 0 Å². The van der Waals surface area contributed by atoms with Crippen LogP contribution in [-0.4, -0.2) is 0 Å². The zero-order chi connectivity index (χ0) is 10.3. The molecule has 0 saturated heterocycles. The summed E-state index contributed by atoms with van der Waals surface area (Å²) >= 11 is 1.71. The predicted molar refractivity (Wildman–Crippen MR) is 64.9 cm³/mol. The molecule has 2 aromatic rings. The van der Waals surface area contributed by atoms with Crippen LogP contribution in [0.5, 0.6) is 0 Å². The number of hydrogen-bond acceptors (Lipinski definition) is 2. The van der Waals surface area contributed by atoms with Crippen molar-refractivity contribution < 1.29 is 0 Å². The van der Waals surface area contributed by atoms with Gasteiger partial charge in [0.15, 0.2) is 0 Å². The molecule has 14 heavy (non-hydrogen) atoms. The molecule has 0 aliphatic rings. The molecule has 0 unspecified atom stereocenters. The fourth-order valence-electron chi connectivity index (χ4n) is 1.52. The zero-order valence-electron chi connectivity index (χ0n) is 8.79. The molecule has 1 aromatic carbocycles. The number of anilines is 1. The van der Waals surface area contributed by atoms with Crippen molar-refractivity contribution in [3.8, 4) is 0 Å². The van der Waals surface area contributed by atoms with Gasteiger partial charge >= 0.3 is 0 Å². The van der Waals surface area contributed by atoms with E-state index in [-0.39, 0.29) is 5.41 Å². The molecule has 0 amide bonds. The fourth-order valence-corrected chi connectivity index (χ4v) is 2.35. The predicted octanol–water partition coefficient (Wildman–Crippen LogP) is 3.78. The van der Waals surface area contributed by atoms with Crippen molar-refractivity contribution in [3.63, 3.8) is 0 Å². The van der Waals surface area contributed by atoms with E-state index in [2.05, 4.69) is 39.0 Å². The number of hydrogen-bond donors (Lipinski definition) is 1. The van der Waals surface area contributed by atoms with Crippen LogP contribution in [-0.2, 0) is 5.41 Å². The van der Waals surface area contributed by atoms with E-state index < -0.39 is 0 Å². The monoisotopic (exact) mass is 205 g/mol. The highest BCUT2D eigenvalue weighted by Gasteiger charge is 2.14. The summed E-state index contributed by atoms with van der Waals surface area (Å²) in [7, 11) is 0. The van der Waals surface area contributed by atoms with E-state index in [9.17, 15) is 0 Å². The minimum Gasteiger partial charge on any atom is -0.398 e. The quantitative estimate of drug-likeness (QED) is 0.696. The van der Waals surface area contributed by atoms with E-state index >= 15 is 0 Å². The molecule has 2 heteroatoms. The lowest BCUT2D eigenvalue weighted by molar-refractivity contribution is 0.591. The molecule has 0 spiro atoms. The topological polar surface area (TPSA) is 26.0 Å². The van der Waals surface area contributed by atoms with E-state index in [1.165, 1.54) is 15.6 Å². The van der Waals surface area contributed by atoms with Gasteiger partial charge in [-0.2, -0.15) is 0 Å². The molecule has 2 rings (SSSR count). The average Bonchev–Trinajstić information content (AvgIpc) is 2.46. The molecule has 0 saturated carbocycles. The van der Waals surface area contributed by atoms with Gasteiger partial charge in [-0.25, -0.2) is 0 Å². The van der Waals surface area contributed by atoms with Crippen molar-refractivity contribution in [3.05, 3.63) is 29.1 Å². The maximum atomic E-state index is 5.90. The maximum absolute atomic E-state index is 5.90. The number of rotatable bonds is 0. The number of benzene rings is 1. The summed E-state index contributed by atoms with van der Waals surface area (Å²) in [6.07, 6.45) is 0. The van der Waals surface area contributed by atoms with Gasteiger partial charge in [-0.15, -0.1) is 11.3 Å². The van der Waals surface area contributed by atoms with E-state index in [1.807, 2.05) is 5.38 Å². The zero-order valence-corrected chi connectivity index (χ0v) is 9.61. The van der Waals surface area contributed by atoms with Crippen LogP contribution in [0.1, 0.15) is 26.3 Å². The Kier molecular flexibility index (Phi) is 2.04. The Hall–Kier alpha value is -1.02. The molecule has 74 valence electrons. The molecule has 1 aromatic heterocycles. The Bertz CT molecular complexity index is 463. The highest BCUT2D eigenvalue weighted by Crippen LogP contribution is 2.32. The summed E-state index contributed by atoms with van der Waals surface area (Å²) < 4.78 is 1.27. The van der Waals surface area contributed by atoms with Gasteiger partial charge in [0.25, 0.3) is 0 Å². The lowest BCUT2D eigenvalue weighted by atomic mass is 9.86. The van der Waals surface area contributed by atoms with E-state index in [0.717, 1.165) is 5.69 Å². The number of nitrogens with two attached hydrogens (primary N) is 1. The summed E-state index contributed by atoms with van der Waals surface area (Å²) in [5, 5.41) is 3.21. The molecule has 0 aliphatic carbocycles. The Labute approximate surface area is 88.6 Å². The summed E-state index contributed by atoms with van der Waals surface area (Å²) in [6.45, 7) is 6.66. The Morgan fingerprint density at radius 3 is 2.57 bits per heavy atom. The molecular formula is C12H15NS. The highest BCUT2D eigenvalue weighted by atomic mass is 32.1. The smallest absolute Gasteiger partial charge is 0.0502 e. The third-order valence-corrected chi connectivity index (χ3v) is 3.45. The standard InChI is InChI=1S/C12H15NS/c1-12(2,3)8-4-5-11-9(6-8)10(13)7-14-11/h4-7H,13H2,1-3H3. The third kappa shape index (κ3) is 1.50. The lowest BCUT2D eigenvalue weighted by Gasteiger charge is -2.18. The van der Waals surface area contributed by atoms with Crippen LogP contribution < -0.4 is 5.73 Å². The van der Waals surface area contributed by atoms with Crippen molar-refractivity contribution >= 4 is 27.1 Å². The number of nitrogen functional groups attached to an aromatic ring is 1. The van der Waals surface area contributed by atoms with Gasteiger partial charge in [-0.05, 0) is 23.1 Å². The number of fused-ring (bicyclic) bond motifs is 1. The van der Waals surface area contributed by atoms with Gasteiger partial charge in [0.05, 0.1) is 5.69 Å². The van der Waals surface area contributed by atoms with Crippen molar-refractivity contribution in [1.82, 2.24) is 0 Å². The maximum Gasteiger partial charge on any atom is 0.0502 e. The summed E-state index contributed by atoms with van der Waals surface area (Å²) in [4.78, 5) is 0. The minimum atomic E-state index is 0.197. The molecule has 0 aliphatic heterocycles. The minimum absolute atomic E-state index is 0.197. The van der Waals surface area contributed by atoms with Crippen molar-refractivity contribution in [2.45, 2.75) is 26.2 Å². The Morgan fingerprint density at radius 1 is 1.21 bits per heavy atom. The van der Waals surface area contributed by atoms with Crippen LogP contribution in [0.3, 0.4) is 0 Å². The summed E-state index contributed by atoms with van der Waals surface area (Å²) in [5.74, 6) is 0. The van der Waals surface area contributed by atoms with Crippen LogP contribution in [0.25, 0.3) is 10.1 Å². The second kappa shape index (κ2) is 2.99. The van der Waals surface area contributed by atoms with Gasteiger partial charge in [0.2, 0.25) is 0 Å². The summed E-state index contributed by atoms with van der Waals surface area (Å²) in [5.41, 5.74) is 8.34. The molecular weight excluding hydrogens is 190 g/mol. The van der Waals surface area contributed by atoms with Crippen LogP contribution in [0, 0.1) is 0 Å². The first kappa shape index (κ1) is 9.53. The van der Waals surface area contributed by atoms with Gasteiger partial charge in [0.1, 0.15) is 0 Å². The van der Waals surface area contributed by atoms with Crippen molar-refractivity contribution in [2.24, 2.45) is 0 Å². The second-order valence-corrected chi connectivity index (χ2v) is 5.56. The first-order chi connectivity index (χ1) is 6.48. The van der Waals surface area contributed by atoms with Gasteiger partial charge in [-0.3, -0.25) is 0 Å². The summed E-state index contributed by atoms with van der Waals surface area (Å²) in [6, 6.07) is 6.57. The lowest BCUT2D eigenvalue weighted by Crippen LogP contribution is -2.10. The third-order valence-electron chi connectivity index (χ3n) is 2.47. The van der Waals surface area contributed by atoms with Crippen LogP contribution in [0.4, 0.5) is 5.69 Å². The van der Waals surface area contributed by atoms with E-state index in [1.54, 1.807) is 11.3 Å². The molecule has 0 fully saturated rings. The Balaban J connectivity index is 2.66. The molecule has 2 N–H and O–H groups in total. The van der Waals surface area contributed by atoms with Crippen LogP contribution >= 0.6 is 11.3 Å². The molecule has 1 nitrogen and oxygen atoms in total.